The first-order valence-corrected chi connectivity index (χ1v) is 5.38. The molecule has 0 heterocycles. The monoisotopic (exact) mass is 238 g/mol. The summed E-state index contributed by atoms with van der Waals surface area (Å²) >= 11 is 0. The summed E-state index contributed by atoms with van der Waals surface area (Å²) in [6, 6.07) is 6.71. The molecule has 0 aliphatic rings. The van der Waals surface area contributed by atoms with Gasteiger partial charge in [0.25, 0.3) is 0 Å². The minimum atomic E-state index is -1.29. The fraction of sp³-hybridized carbons (Fsp3) is 0.462. The molecule has 0 amide bonds. The zero-order valence-corrected chi connectivity index (χ0v) is 10.6. The highest BCUT2D eigenvalue weighted by molar-refractivity contribution is 5.76. The van der Waals surface area contributed by atoms with Gasteiger partial charge in [-0.25, -0.2) is 4.79 Å². The lowest BCUT2D eigenvalue weighted by Crippen LogP contribution is -2.27. The average Bonchev–Trinajstić information content (AvgIpc) is 2.26. The second-order valence-corrected chi connectivity index (χ2v) is 4.71. The Kier molecular flexibility index (Phi) is 4.12. The van der Waals surface area contributed by atoms with Crippen molar-refractivity contribution in [2.24, 2.45) is 0 Å². The highest BCUT2D eigenvalue weighted by Crippen LogP contribution is 2.21. The number of hydrogen-bond acceptors (Lipinski definition) is 4. The van der Waals surface area contributed by atoms with Gasteiger partial charge < -0.3 is 14.6 Å². The molecule has 94 valence electrons. The topological polar surface area (TPSA) is 55.8 Å². The summed E-state index contributed by atoms with van der Waals surface area (Å²) in [6.07, 6.45) is -1.29. The van der Waals surface area contributed by atoms with Gasteiger partial charge in [-0.05, 0) is 38.5 Å². The number of carbonyl (C=O) groups is 1. The van der Waals surface area contributed by atoms with E-state index in [-0.39, 0.29) is 0 Å². The van der Waals surface area contributed by atoms with Crippen molar-refractivity contribution >= 4 is 5.97 Å². The summed E-state index contributed by atoms with van der Waals surface area (Å²) in [6.45, 7) is 5.26. The van der Waals surface area contributed by atoms with Gasteiger partial charge in [-0.1, -0.05) is 12.1 Å². The van der Waals surface area contributed by atoms with Gasteiger partial charge in [0.1, 0.15) is 11.4 Å². The number of aliphatic hydroxyl groups excluding tert-OH is 1. The van der Waals surface area contributed by atoms with Crippen molar-refractivity contribution in [3.8, 4) is 5.75 Å². The first-order chi connectivity index (χ1) is 7.83. The third-order valence-corrected chi connectivity index (χ3v) is 2.04. The molecule has 0 bridgehead atoms. The van der Waals surface area contributed by atoms with Crippen LogP contribution in [0.15, 0.2) is 24.3 Å². The third kappa shape index (κ3) is 4.07. The van der Waals surface area contributed by atoms with Gasteiger partial charge in [-0.3, -0.25) is 0 Å². The van der Waals surface area contributed by atoms with Crippen LogP contribution in [0.2, 0.25) is 0 Å². The molecule has 1 N–H and O–H groups in total. The van der Waals surface area contributed by atoms with E-state index >= 15 is 0 Å². The second kappa shape index (κ2) is 5.19. The molecule has 0 saturated carbocycles. The maximum atomic E-state index is 11.6. The van der Waals surface area contributed by atoms with Crippen LogP contribution in [0, 0.1) is 0 Å². The molecule has 0 saturated heterocycles. The van der Waals surface area contributed by atoms with Crippen molar-refractivity contribution < 1.29 is 19.4 Å². The summed E-state index contributed by atoms with van der Waals surface area (Å²) < 4.78 is 10.1. The number of carbonyl (C=O) groups excluding carboxylic acids is 1. The molecule has 0 aliphatic heterocycles. The average molecular weight is 238 g/mol. The van der Waals surface area contributed by atoms with Gasteiger partial charge in [0, 0.05) is 0 Å². The standard InChI is InChI=1S/C13H18O4/c1-13(2,3)17-12(15)11(14)9-6-5-7-10(8-9)16-4/h5-8,11,14H,1-4H3/t11-/m0/s1. The Morgan fingerprint density at radius 2 is 2.00 bits per heavy atom. The van der Waals surface area contributed by atoms with Crippen molar-refractivity contribution in [1.82, 2.24) is 0 Å². The number of ether oxygens (including phenoxy) is 2. The predicted octanol–water partition coefficient (Wildman–Crippen LogP) is 2.07. The molecule has 4 heteroatoms. The number of esters is 1. The van der Waals surface area contributed by atoms with Crippen molar-refractivity contribution in [3.63, 3.8) is 0 Å². The Morgan fingerprint density at radius 1 is 1.35 bits per heavy atom. The molecule has 1 aromatic carbocycles. The highest BCUT2D eigenvalue weighted by Gasteiger charge is 2.24. The minimum Gasteiger partial charge on any atom is -0.497 e. The van der Waals surface area contributed by atoms with Crippen LogP contribution in [0.25, 0.3) is 0 Å². The zero-order chi connectivity index (χ0) is 13.1. The molecular formula is C13H18O4. The largest absolute Gasteiger partial charge is 0.497 e. The molecule has 0 aromatic heterocycles. The summed E-state index contributed by atoms with van der Waals surface area (Å²) in [4.78, 5) is 11.6. The molecule has 0 aliphatic carbocycles. The Hall–Kier alpha value is -1.55. The molecule has 1 atom stereocenters. The van der Waals surface area contributed by atoms with E-state index in [2.05, 4.69) is 0 Å². The number of methoxy groups -OCH3 is 1. The zero-order valence-electron chi connectivity index (χ0n) is 10.6. The number of hydrogen-bond donors (Lipinski definition) is 1. The smallest absolute Gasteiger partial charge is 0.340 e. The number of benzene rings is 1. The van der Waals surface area contributed by atoms with E-state index in [9.17, 15) is 9.90 Å². The molecule has 17 heavy (non-hydrogen) atoms. The van der Waals surface area contributed by atoms with Gasteiger partial charge in [0.05, 0.1) is 7.11 Å². The SMILES string of the molecule is COc1cccc([C@H](O)C(=O)OC(C)(C)C)c1. The molecule has 1 aromatic rings. The van der Waals surface area contributed by atoms with Crippen LogP contribution in [0.3, 0.4) is 0 Å². The van der Waals surface area contributed by atoms with Crippen LogP contribution in [-0.2, 0) is 9.53 Å². The number of rotatable bonds is 3. The number of aliphatic hydroxyl groups is 1. The Balaban J connectivity index is 2.81. The second-order valence-electron chi connectivity index (χ2n) is 4.71. The summed E-state index contributed by atoms with van der Waals surface area (Å²) in [5.74, 6) is -0.0733. The predicted molar refractivity (Wildman–Crippen MR) is 63.8 cm³/mol. The van der Waals surface area contributed by atoms with E-state index in [0.717, 1.165) is 0 Å². The van der Waals surface area contributed by atoms with Gasteiger partial charge >= 0.3 is 5.97 Å². The molecular weight excluding hydrogens is 220 g/mol. The summed E-state index contributed by atoms with van der Waals surface area (Å²) in [5, 5.41) is 9.84. The normalized spacial score (nSPS) is 13.0. The van der Waals surface area contributed by atoms with Gasteiger partial charge in [-0.15, -0.1) is 0 Å². The Morgan fingerprint density at radius 3 is 2.53 bits per heavy atom. The summed E-state index contributed by atoms with van der Waals surface area (Å²) in [7, 11) is 1.53. The van der Waals surface area contributed by atoms with E-state index in [4.69, 9.17) is 9.47 Å². The maximum absolute atomic E-state index is 11.6. The van der Waals surface area contributed by atoms with Crippen LogP contribution in [0.4, 0.5) is 0 Å². The van der Waals surface area contributed by atoms with Crippen LogP contribution in [0.1, 0.15) is 32.4 Å². The lowest BCUT2D eigenvalue weighted by molar-refractivity contribution is -0.165. The van der Waals surface area contributed by atoms with E-state index in [1.54, 1.807) is 45.0 Å². The lowest BCUT2D eigenvalue weighted by Gasteiger charge is -2.21. The molecule has 0 unspecified atom stereocenters. The lowest BCUT2D eigenvalue weighted by atomic mass is 10.1. The first-order valence-electron chi connectivity index (χ1n) is 5.38. The fourth-order valence-corrected chi connectivity index (χ4v) is 1.31. The van der Waals surface area contributed by atoms with Crippen molar-refractivity contribution in [2.45, 2.75) is 32.5 Å². The summed E-state index contributed by atoms with van der Waals surface area (Å²) in [5.41, 5.74) is -0.157. The van der Waals surface area contributed by atoms with E-state index in [0.29, 0.717) is 11.3 Å². The van der Waals surface area contributed by atoms with Gasteiger partial charge in [-0.2, -0.15) is 0 Å². The van der Waals surface area contributed by atoms with E-state index in [1.165, 1.54) is 7.11 Å². The van der Waals surface area contributed by atoms with Crippen molar-refractivity contribution in [1.29, 1.82) is 0 Å². The molecule has 1 rings (SSSR count). The van der Waals surface area contributed by atoms with E-state index < -0.39 is 17.7 Å². The van der Waals surface area contributed by atoms with Crippen molar-refractivity contribution in [3.05, 3.63) is 29.8 Å². The van der Waals surface area contributed by atoms with Crippen LogP contribution in [-0.4, -0.2) is 23.8 Å². The van der Waals surface area contributed by atoms with Crippen LogP contribution in [0.5, 0.6) is 5.75 Å². The van der Waals surface area contributed by atoms with Gasteiger partial charge in [0.15, 0.2) is 6.10 Å². The first kappa shape index (κ1) is 13.5. The molecule has 4 nitrogen and oxygen atoms in total. The minimum absolute atomic E-state index is 0.457. The molecule has 0 fully saturated rings. The molecule has 0 radical (unpaired) electrons. The van der Waals surface area contributed by atoms with E-state index in [1.807, 2.05) is 0 Å². The third-order valence-electron chi connectivity index (χ3n) is 2.04. The highest BCUT2D eigenvalue weighted by atomic mass is 16.6. The van der Waals surface area contributed by atoms with Gasteiger partial charge in [0.2, 0.25) is 0 Å². The van der Waals surface area contributed by atoms with Crippen molar-refractivity contribution in [2.75, 3.05) is 7.11 Å². The fourth-order valence-electron chi connectivity index (χ4n) is 1.31. The maximum Gasteiger partial charge on any atom is 0.340 e. The Labute approximate surface area is 101 Å². The quantitative estimate of drug-likeness (QED) is 0.819. The Bertz CT molecular complexity index is 393. The van der Waals surface area contributed by atoms with Crippen LogP contribution >= 0.6 is 0 Å². The molecule has 0 spiro atoms. The van der Waals surface area contributed by atoms with Crippen LogP contribution < -0.4 is 4.74 Å².